The number of ether oxygens (including phenoxy) is 2. The molecule has 1 aromatic carbocycles. The Labute approximate surface area is 199 Å². The Balaban J connectivity index is 1.52. The van der Waals surface area contributed by atoms with Gasteiger partial charge in [0.25, 0.3) is 0 Å². The summed E-state index contributed by atoms with van der Waals surface area (Å²) in [6.45, 7) is 7.46. The molecule has 0 unspecified atom stereocenters. The number of hydrogen-bond donors (Lipinski definition) is 0. The highest BCUT2D eigenvalue weighted by Gasteiger charge is 2.15. The fraction of sp³-hybridized carbons (Fsp3) is 0.400. The first-order chi connectivity index (χ1) is 15.7. The third-order valence-corrected chi connectivity index (χ3v) is 4.75. The van der Waals surface area contributed by atoms with Crippen molar-refractivity contribution >= 4 is 17.6 Å². The molecule has 0 saturated carbocycles. The van der Waals surface area contributed by atoms with Crippen molar-refractivity contribution in [3.05, 3.63) is 70.7 Å². The molecule has 0 atom stereocenters. The van der Waals surface area contributed by atoms with E-state index in [1.807, 2.05) is 58.0 Å². The maximum Gasteiger partial charge on any atom is 0.306 e. The van der Waals surface area contributed by atoms with Crippen LogP contribution in [0.1, 0.15) is 56.5 Å². The molecule has 174 valence electrons. The molecule has 8 heteroatoms. The van der Waals surface area contributed by atoms with E-state index in [4.69, 9.17) is 21.1 Å². The van der Waals surface area contributed by atoms with Crippen molar-refractivity contribution in [3.8, 4) is 11.6 Å². The van der Waals surface area contributed by atoms with Crippen LogP contribution in [-0.4, -0.2) is 31.5 Å². The number of nitrogens with zero attached hydrogens (tertiary/aromatic N) is 4. The van der Waals surface area contributed by atoms with Crippen LogP contribution in [0.25, 0.3) is 0 Å². The summed E-state index contributed by atoms with van der Waals surface area (Å²) < 4.78 is 11.3. The van der Waals surface area contributed by atoms with Crippen LogP contribution in [0.3, 0.4) is 0 Å². The van der Waals surface area contributed by atoms with Crippen LogP contribution in [0.4, 0.5) is 0 Å². The van der Waals surface area contributed by atoms with Crippen molar-refractivity contribution < 1.29 is 14.3 Å². The van der Waals surface area contributed by atoms with E-state index in [1.165, 1.54) is 0 Å². The lowest BCUT2D eigenvalue weighted by atomic mass is 10.1. The summed E-state index contributed by atoms with van der Waals surface area (Å²) in [6.07, 6.45) is 6.42. The van der Waals surface area contributed by atoms with E-state index >= 15 is 0 Å². The van der Waals surface area contributed by atoms with Gasteiger partial charge in [-0.2, -0.15) is 4.98 Å². The zero-order valence-electron chi connectivity index (χ0n) is 19.5. The molecular formula is C25H29ClN4O3. The maximum atomic E-state index is 11.8. The van der Waals surface area contributed by atoms with Gasteiger partial charge in [-0.25, -0.2) is 15.0 Å². The van der Waals surface area contributed by atoms with Gasteiger partial charge in [0.1, 0.15) is 23.0 Å². The zero-order chi connectivity index (χ0) is 23.8. The van der Waals surface area contributed by atoms with E-state index in [1.54, 1.807) is 12.4 Å². The number of aromatic nitrogens is 4. The van der Waals surface area contributed by atoms with E-state index in [2.05, 4.69) is 19.9 Å². The Kier molecular flexibility index (Phi) is 8.33. The van der Waals surface area contributed by atoms with Crippen LogP contribution in [0.5, 0.6) is 11.6 Å². The molecule has 33 heavy (non-hydrogen) atoms. The van der Waals surface area contributed by atoms with Crippen molar-refractivity contribution in [2.75, 3.05) is 0 Å². The second kappa shape index (κ2) is 11.2. The van der Waals surface area contributed by atoms with E-state index in [0.29, 0.717) is 47.6 Å². The highest BCUT2D eigenvalue weighted by Crippen LogP contribution is 2.22. The Bertz CT molecular complexity index is 1060. The molecule has 0 aliphatic carbocycles. The minimum absolute atomic E-state index is 0.167. The molecule has 3 aromatic rings. The predicted molar refractivity (Wildman–Crippen MR) is 127 cm³/mol. The van der Waals surface area contributed by atoms with Gasteiger partial charge in [0.2, 0.25) is 5.88 Å². The summed E-state index contributed by atoms with van der Waals surface area (Å²) >= 11 is 5.83. The standard InChI is InChI=1S/C25H29ClN4O3/c1-17-29-20(10-13-22-27-15-19(26)16-28-22)14-23(30-17)32-21-11-8-18(9-12-21)6-5-7-24(31)33-25(2,3)4/h8-9,11-12,14-16H,5-7,10,13H2,1-4H3. The maximum absolute atomic E-state index is 11.8. The fourth-order valence-electron chi connectivity index (χ4n) is 3.16. The van der Waals surface area contributed by atoms with Crippen LogP contribution >= 0.6 is 11.6 Å². The minimum Gasteiger partial charge on any atom is -0.460 e. The Morgan fingerprint density at radius 3 is 2.36 bits per heavy atom. The number of rotatable bonds is 9. The van der Waals surface area contributed by atoms with Gasteiger partial charge < -0.3 is 9.47 Å². The van der Waals surface area contributed by atoms with Crippen LogP contribution < -0.4 is 4.74 Å². The number of carbonyl (C=O) groups is 1. The van der Waals surface area contributed by atoms with Crippen molar-refractivity contribution in [1.82, 2.24) is 19.9 Å². The van der Waals surface area contributed by atoms with Gasteiger partial charge in [0.05, 0.1) is 5.02 Å². The summed E-state index contributed by atoms with van der Waals surface area (Å²) in [7, 11) is 0. The topological polar surface area (TPSA) is 87.1 Å². The average Bonchev–Trinajstić information content (AvgIpc) is 2.73. The van der Waals surface area contributed by atoms with Gasteiger partial charge in [-0.15, -0.1) is 0 Å². The van der Waals surface area contributed by atoms with Crippen molar-refractivity contribution in [2.45, 2.75) is 65.4 Å². The average molecular weight is 469 g/mol. The number of aryl methyl sites for hydroxylation is 4. The van der Waals surface area contributed by atoms with E-state index in [0.717, 1.165) is 24.1 Å². The number of carbonyl (C=O) groups excluding carboxylic acids is 1. The minimum atomic E-state index is -0.446. The third kappa shape index (κ3) is 8.77. The normalized spacial score (nSPS) is 11.3. The molecule has 0 aliphatic rings. The first-order valence-electron chi connectivity index (χ1n) is 11.0. The largest absolute Gasteiger partial charge is 0.460 e. The Morgan fingerprint density at radius 1 is 1.00 bits per heavy atom. The Morgan fingerprint density at radius 2 is 1.70 bits per heavy atom. The molecule has 7 nitrogen and oxygen atoms in total. The lowest BCUT2D eigenvalue weighted by molar-refractivity contribution is -0.154. The van der Waals surface area contributed by atoms with Gasteiger partial charge >= 0.3 is 5.97 Å². The predicted octanol–water partition coefficient (Wildman–Crippen LogP) is 5.47. The number of esters is 1. The number of benzene rings is 1. The molecule has 2 aromatic heterocycles. The molecule has 2 heterocycles. The van der Waals surface area contributed by atoms with Gasteiger partial charge in [0, 0.05) is 37.0 Å². The molecule has 0 spiro atoms. The van der Waals surface area contributed by atoms with E-state index in [-0.39, 0.29) is 5.97 Å². The van der Waals surface area contributed by atoms with Crippen LogP contribution in [0.15, 0.2) is 42.7 Å². The van der Waals surface area contributed by atoms with Crippen LogP contribution in [0, 0.1) is 6.92 Å². The molecule has 0 saturated heterocycles. The SMILES string of the molecule is Cc1nc(CCc2ncc(Cl)cn2)cc(Oc2ccc(CCCC(=O)OC(C)(C)C)cc2)n1. The lowest BCUT2D eigenvalue weighted by Gasteiger charge is -2.19. The number of halogens is 1. The summed E-state index contributed by atoms with van der Waals surface area (Å²) in [6, 6.07) is 9.63. The van der Waals surface area contributed by atoms with E-state index in [9.17, 15) is 4.79 Å². The van der Waals surface area contributed by atoms with E-state index < -0.39 is 5.60 Å². The summed E-state index contributed by atoms with van der Waals surface area (Å²) in [4.78, 5) is 29.1. The molecule has 0 fully saturated rings. The van der Waals surface area contributed by atoms with Gasteiger partial charge in [-0.3, -0.25) is 4.79 Å². The highest BCUT2D eigenvalue weighted by molar-refractivity contribution is 6.30. The fourth-order valence-corrected chi connectivity index (χ4v) is 3.26. The third-order valence-electron chi connectivity index (χ3n) is 4.56. The molecule has 0 bridgehead atoms. The smallest absolute Gasteiger partial charge is 0.306 e. The quantitative estimate of drug-likeness (QED) is 0.385. The Hall–Kier alpha value is -3.06. The van der Waals surface area contributed by atoms with Gasteiger partial charge in [0.15, 0.2) is 0 Å². The molecule has 0 amide bonds. The van der Waals surface area contributed by atoms with Crippen molar-refractivity contribution in [3.63, 3.8) is 0 Å². The van der Waals surface area contributed by atoms with Gasteiger partial charge in [-0.1, -0.05) is 23.7 Å². The molecule has 0 N–H and O–H groups in total. The lowest BCUT2D eigenvalue weighted by Crippen LogP contribution is -2.23. The summed E-state index contributed by atoms with van der Waals surface area (Å²) in [5.74, 6) is 2.36. The molecule has 0 aliphatic heterocycles. The first kappa shape index (κ1) is 24.6. The second-order valence-electron chi connectivity index (χ2n) is 8.75. The van der Waals surface area contributed by atoms with Gasteiger partial charge in [-0.05, 0) is 64.7 Å². The van der Waals surface area contributed by atoms with Crippen molar-refractivity contribution in [2.24, 2.45) is 0 Å². The monoisotopic (exact) mass is 468 g/mol. The first-order valence-corrected chi connectivity index (χ1v) is 11.3. The highest BCUT2D eigenvalue weighted by atomic mass is 35.5. The van der Waals surface area contributed by atoms with Crippen molar-refractivity contribution in [1.29, 1.82) is 0 Å². The molecule has 3 rings (SSSR count). The second-order valence-corrected chi connectivity index (χ2v) is 9.18. The molecular weight excluding hydrogens is 440 g/mol. The number of hydrogen-bond acceptors (Lipinski definition) is 7. The molecule has 0 radical (unpaired) electrons. The zero-order valence-corrected chi connectivity index (χ0v) is 20.2. The summed E-state index contributed by atoms with van der Waals surface area (Å²) in [5.41, 5.74) is 1.54. The van der Waals surface area contributed by atoms with Crippen LogP contribution in [-0.2, 0) is 28.8 Å². The summed E-state index contributed by atoms with van der Waals surface area (Å²) in [5, 5.41) is 0.515. The van der Waals surface area contributed by atoms with Crippen LogP contribution in [0.2, 0.25) is 5.02 Å².